The molecule has 0 amide bonds. The Morgan fingerprint density at radius 2 is 1.70 bits per heavy atom. The molecule has 0 aromatic rings. The summed E-state index contributed by atoms with van der Waals surface area (Å²) in [7, 11) is 1.91. The Bertz CT molecular complexity index is 484. The summed E-state index contributed by atoms with van der Waals surface area (Å²) in [5.41, 5.74) is 0. The molecule has 0 aromatic carbocycles. The lowest BCUT2D eigenvalue weighted by atomic mass is 10.0. The molecule has 27 heavy (non-hydrogen) atoms. The summed E-state index contributed by atoms with van der Waals surface area (Å²) in [6, 6.07) is 0. The van der Waals surface area contributed by atoms with Gasteiger partial charge in [0, 0.05) is 33.8 Å². The van der Waals surface area contributed by atoms with Crippen LogP contribution in [-0.4, -0.2) is 69.3 Å². The molecular weight excluding hydrogens is 358 g/mol. The van der Waals surface area contributed by atoms with Crippen LogP contribution in [0.4, 0.5) is 0 Å². The lowest BCUT2D eigenvalue weighted by Gasteiger charge is -2.39. The molecule has 9 nitrogen and oxygen atoms in total. The summed E-state index contributed by atoms with van der Waals surface area (Å²) in [6.07, 6.45) is 0.0955. The molecule has 0 bridgehead atoms. The van der Waals surface area contributed by atoms with Crippen LogP contribution < -0.4 is 5.32 Å². The van der Waals surface area contributed by atoms with Gasteiger partial charge in [-0.3, -0.25) is 14.4 Å². The van der Waals surface area contributed by atoms with E-state index >= 15 is 0 Å². The van der Waals surface area contributed by atoms with Gasteiger partial charge in [0.25, 0.3) is 0 Å². The van der Waals surface area contributed by atoms with Crippen LogP contribution >= 0.6 is 0 Å². The zero-order valence-corrected chi connectivity index (χ0v) is 16.5. The van der Waals surface area contributed by atoms with Crippen LogP contribution in [0.2, 0.25) is 0 Å². The summed E-state index contributed by atoms with van der Waals surface area (Å²) in [5.74, 6) is -1.54. The van der Waals surface area contributed by atoms with Crippen LogP contribution in [0.1, 0.15) is 46.5 Å². The highest BCUT2D eigenvalue weighted by Crippen LogP contribution is 2.27. The highest BCUT2D eigenvalue weighted by molar-refractivity contribution is 5.67. The van der Waals surface area contributed by atoms with E-state index < -0.39 is 42.5 Å². The average molecular weight is 389 g/mol. The van der Waals surface area contributed by atoms with Gasteiger partial charge in [-0.2, -0.15) is 0 Å². The van der Waals surface area contributed by atoms with E-state index in [-0.39, 0.29) is 13.0 Å². The normalized spacial score (nSPS) is 24.9. The molecule has 4 unspecified atom stereocenters. The molecule has 1 fully saturated rings. The van der Waals surface area contributed by atoms with Gasteiger partial charge in [-0.15, -0.1) is 0 Å². The van der Waals surface area contributed by atoms with Crippen molar-refractivity contribution < 1.29 is 38.1 Å². The molecule has 1 rings (SSSR count). The third kappa shape index (κ3) is 9.69. The first-order valence-corrected chi connectivity index (χ1v) is 9.23. The molecule has 0 saturated carbocycles. The second-order valence-electron chi connectivity index (χ2n) is 6.40. The highest BCUT2D eigenvalue weighted by Gasteiger charge is 2.44. The minimum absolute atomic E-state index is 0.132. The number of unbranched alkanes of at least 4 members (excludes halogenated alkanes) is 2. The molecule has 4 atom stereocenters. The number of carbonyl (C=O) groups excluding carboxylic acids is 3. The minimum Gasteiger partial charge on any atom is -0.463 e. The predicted molar refractivity (Wildman–Crippen MR) is 94.7 cm³/mol. The molecule has 9 heteroatoms. The fourth-order valence-corrected chi connectivity index (χ4v) is 2.80. The van der Waals surface area contributed by atoms with Crippen molar-refractivity contribution in [2.24, 2.45) is 0 Å². The Balaban J connectivity index is 2.70. The standard InChI is InChI=1S/C18H31NO8/c1-12(20)24-11-16-18(26-14(3)22)15(25-13(2)21)10-17(27-16)23-9-7-5-6-8-19-4/h15-19H,5-11H2,1-4H3. The van der Waals surface area contributed by atoms with Gasteiger partial charge in [0.15, 0.2) is 12.4 Å². The van der Waals surface area contributed by atoms with Crippen LogP contribution in [0.25, 0.3) is 0 Å². The van der Waals surface area contributed by atoms with Crippen molar-refractivity contribution in [2.75, 3.05) is 26.8 Å². The number of ether oxygens (including phenoxy) is 5. The summed E-state index contributed by atoms with van der Waals surface area (Å²) < 4.78 is 27.1. The summed E-state index contributed by atoms with van der Waals surface area (Å²) in [5, 5.41) is 3.08. The number of nitrogens with one attached hydrogen (secondary N) is 1. The van der Waals surface area contributed by atoms with Crippen LogP contribution in [-0.2, 0) is 38.1 Å². The molecule has 0 aromatic heterocycles. The van der Waals surface area contributed by atoms with Crippen molar-refractivity contribution in [2.45, 2.75) is 71.1 Å². The Hall–Kier alpha value is -1.71. The molecule has 0 aliphatic carbocycles. The van der Waals surface area contributed by atoms with Crippen molar-refractivity contribution in [1.82, 2.24) is 5.32 Å². The lowest BCUT2D eigenvalue weighted by molar-refractivity contribution is -0.266. The quantitative estimate of drug-likeness (QED) is 0.313. The lowest BCUT2D eigenvalue weighted by Crippen LogP contribution is -2.54. The Labute approximate surface area is 160 Å². The van der Waals surface area contributed by atoms with Gasteiger partial charge in [0.2, 0.25) is 0 Å². The van der Waals surface area contributed by atoms with Gasteiger partial charge in [0.05, 0.1) is 0 Å². The first-order chi connectivity index (χ1) is 12.8. The molecular formula is C18H31NO8. The third-order valence-corrected chi connectivity index (χ3v) is 3.93. The maximum Gasteiger partial charge on any atom is 0.303 e. The maximum absolute atomic E-state index is 11.4. The van der Waals surface area contributed by atoms with Crippen LogP contribution in [0.3, 0.4) is 0 Å². The second kappa shape index (κ2) is 12.6. The van der Waals surface area contributed by atoms with Gasteiger partial charge < -0.3 is 29.0 Å². The van der Waals surface area contributed by atoms with E-state index in [1.165, 1.54) is 20.8 Å². The fraction of sp³-hybridized carbons (Fsp3) is 0.833. The third-order valence-electron chi connectivity index (χ3n) is 3.93. The zero-order chi connectivity index (χ0) is 20.2. The molecule has 156 valence electrons. The Morgan fingerprint density at radius 1 is 1.00 bits per heavy atom. The van der Waals surface area contributed by atoms with Gasteiger partial charge in [-0.1, -0.05) is 0 Å². The van der Waals surface area contributed by atoms with E-state index in [2.05, 4.69) is 5.32 Å². The van der Waals surface area contributed by atoms with Crippen LogP contribution in [0, 0.1) is 0 Å². The number of esters is 3. The van der Waals surface area contributed by atoms with E-state index in [4.69, 9.17) is 23.7 Å². The smallest absolute Gasteiger partial charge is 0.303 e. The van der Waals surface area contributed by atoms with Crippen molar-refractivity contribution in [3.8, 4) is 0 Å². The Kier molecular flexibility index (Phi) is 10.9. The van der Waals surface area contributed by atoms with Gasteiger partial charge in [-0.05, 0) is 32.9 Å². The zero-order valence-electron chi connectivity index (χ0n) is 16.5. The number of rotatable bonds is 11. The molecule has 1 aliphatic heterocycles. The van der Waals surface area contributed by atoms with Gasteiger partial charge in [-0.25, -0.2) is 0 Å². The van der Waals surface area contributed by atoms with E-state index in [0.717, 1.165) is 25.8 Å². The topological polar surface area (TPSA) is 109 Å². The SMILES string of the molecule is CNCCCCCOC1CC(OC(C)=O)C(OC(C)=O)C(COC(C)=O)O1. The monoisotopic (exact) mass is 389 g/mol. The number of hydrogen-bond acceptors (Lipinski definition) is 9. The first-order valence-electron chi connectivity index (χ1n) is 9.23. The second-order valence-corrected chi connectivity index (χ2v) is 6.40. The fourth-order valence-electron chi connectivity index (χ4n) is 2.80. The predicted octanol–water partition coefficient (Wildman–Crippen LogP) is 0.934. The van der Waals surface area contributed by atoms with E-state index in [1.807, 2.05) is 7.05 Å². The van der Waals surface area contributed by atoms with E-state index in [1.54, 1.807) is 0 Å². The summed E-state index contributed by atoms with van der Waals surface area (Å²) >= 11 is 0. The summed E-state index contributed by atoms with van der Waals surface area (Å²) in [4.78, 5) is 34.0. The van der Waals surface area contributed by atoms with Gasteiger partial charge in [0.1, 0.15) is 18.8 Å². The van der Waals surface area contributed by atoms with Crippen LogP contribution in [0.5, 0.6) is 0 Å². The molecule has 1 saturated heterocycles. The largest absolute Gasteiger partial charge is 0.463 e. The molecule has 0 spiro atoms. The van der Waals surface area contributed by atoms with Gasteiger partial charge >= 0.3 is 17.9 Å². The number of carbonyl (C=O) groups is 3. The van der Waals surface area contributed by atoms with Crippen molar-refractivity contribution in [1.29, 1.82) is 0 Å². The number of hydrogen-bond donors (Lipinski definition) is 1. The van der Waals surface area contributed by atoms with E-state index in [0.29, 0.717) is 6.61 Å². The summed E-state index contributed by atoms with van der Waals surface area (Å²) in [6.45, 7) is 5.10. The minimum atomic E-state index is -0.874. The molecule has 1 heterocycles. The highest BCUT2D eigenvalue weighted by atomic mass is 16.7. The average Bonchev–Trinajstić information content (AvgIpc) is 2.57. The maximum atomic E-state index is 11.4. The van der Waals surface area contributed by atoms with Crippen LogP contribution in [0.15, 0.2) is 0 Å². The van der Waals surface area contributed by atoms with Crippen molar-refractivity contribution >= 4 is 17.9 Å². The molecule has 1 aliphatic rings. The van der Waals surface area contributed by atoms with Crippen molar-refractivity contribution in [3.63, 3.8) is 0 Å². The first kappa shape index (κ1) is 23.3. The Morgan fingerprint density at radius 3 is 2.30 bits per heavy atom. The molecule has 1 N–H and O–H groups in total. The van der Waals surface area contributed by atoms with Crippen molar-refractivity contribution in [3.05, 3.63) is 0 Å². The molecule has 0 radical (unpaired) electrons. The van der Waals surface area contributed by atoms with E-state index in [9.17, 15) is 14.4 Å².